The second kappa shape index (κ2) is 7.01. The van der Waals surface area contributed by atoms with Crippen molar-refractivity contribution in [1.29, 1.82) is 0 Å². The van der Waals surface area contributed by atoms with Gasteiger partial charge in [-0.2, -0.15) is 0 Å². The molecule has 1 aliphatic rings. The van der Waals surface area contributed by atoms with Gasteiger partial charge in [-0.1, -0.05) is 6.07 Å². The Morgan fingerprint density at radius 1 is 0.917 bits per heavy atom. The highest BCUT2D eigenvalue weighted by Crippen LogP contribution is 2.33. The van der Waals surface area contributed by atoms with E-state index in [1.54, 1.807) is 21.3 Å². The Balaban J connectivity index is 1.75. The van der Waals surface area contributed by atoms with Crippen molar-refractivity contribution in [2.75, 3.05) is 27.9 Å². The molecule has 128 valence electrons. The minimum Gasteiger partial charge on any atom is -0.504 e. The fourth-order valence-electron chi connectivity index (χ4n) is 3.17. The van der Waals surface area contributed by atoms with E-state index in [0.717, 1.165) is 43.1 Å². The first-order chi connectivity index (χ1) is 11.6. The van der Waals surface area contributed by atoms with Crippen molar-refractivity contribution in [2.45, 2.75) is 19.5 Å². The molecule has 1 aliphatic heterocycles. The number of benzene rings is 2. The van der Waals surface area contributed by atoms with Crippen molar-refractivity contribution in [3.05, 3.63) is 47.0 Å². The Hall–Kier alpha value is -2.40. The topological polar surface area (TPSA) is 51.2 Å². The van der Waals surface area contributed by atoms with Crippen LogP contribution in [0.25, 0.3) is 0 Å². The van der Waals surface area contributed by atoms with Crippen molar-refractivity contribution in [3.63, 3.8) is 0 Å². The van der Waals surface area contributed by atoms with E-state index in [2.05, 4.69) is 11.0 Å². The van der Waals surface area contributed by atoms with Gasteiger partial charge < -0.3 is 19.3 Å². The van der Waals surface area contributed by atoms with Crippen molar-refractivity contribution in [1.82, 2.24) is 4.90 Å². The number of hydrogen-bond donors (Lipinski definition) is 1. The summed E-state index contributed by atoms with van der Waals surface area (Å²) in [6.45, 7) is 2.60. The average molecular weight is 329 g/mol. The number of fused-ring (bicyclic) bond motifs is 1. The standard InChI is InChI=1S/C19H23NO4/c1-22-17-5-4-13(8-19(17)24-3)11-20-7-6-14-10-18(23-2)16(21)9-15(14)12-20/h4-5,8-10,21H,6-7,11-12H2,1-3H3. The molecule has 2 aromatic carbocycles. The minimum absolute atomic E-state index is 0.198. The lowest BCUT2D eigenvalue weighted by molar-refractivity contribution is 0.243. The summed E-state index contributed by atoms with van der Waals surface area (Å²) in [5, 5.41) is 9.99. The summed E-state index contributed by atoms with van der Waals surface area (Å²) in [6, 6.07) is 9.76. The normalized spacial score (nSPS) is 14.1. The molecule has 0 unspecified atom stereocenters. The second-order valence-electron chi connectivity index (χ2n) is 5.94. The van der Waals surface area contributed by atoms with Crippen LogP contribution in [0.5, 0.6) is 23.0 Å². The predicted octanol–water partition coefficient (Wildman–Crippen LogP) is 2.98. The van der Waals surface area contributed by atoms with Gasteiger partial charge in [0.25, 0.3) is 0 Å². The number of ether oxygens (including phenoxy) is 3. The largest absolute Gasteiger partial charge is 0.504 e. The summed E-state index contributed by atoms with van der Waals surface area (Å²) in [6.07, 6.45) is 0.944. The Labute approximate surface area is 142 Å². The third kappa shape index (κ3) is 3.26. The van der Waals surface area contributed by atoms with Gasteiger partial charge in [-0.25, -0.2) is 0 Å². The van der Waals surface area contributed by atoms with Gasteiger partial charge >= 0.3 is 0 Å². The third-order valence-electron chi connectivity index (χ3n) is 4.45. The van der Waals surface area contributed by atoms with Gasteiger partial charge in [-0.3, -0.25) is 4.90 Å². The summed E-state index contributed by atoms with van der Waals surface area (Å²) in [5.41, 5.74) is 3.57. The molecule has 0 spiro atoms. The van der Waals surface area contributed by atoms with Crippen LogP contribution in [0.15, 0.2) is 30.3 Å². The lowest BCUT2D eigenvalue weighted by Crippen LogP contribution is -2.30. The summed E-state index contributed by atoms with van der Waals surface area (Å²) in [5.74, 6) is 2.23. The first-order valence-corrected chi connectivity index (χ1v) is 7.96. The van der Waals surface area contributed by atoms with Crippen LogP contribution in [-0.2, 0) is 19.5 Å². The number of phenols is 1. The lowest BCUT2D eigenvalue weighted by atomic mass is 9.98. The molecule has 0 bridgehead atoms. The SMILES string of the molecule is COc1cc2c(cc1O)CN(Cc1ccc(OC)c(OC)c1)CC2. The van der Waals surface area contributed by atoms with Crippen molar-refractivity contribution >= 4 is 0 Å². The van der Waals surface area contributed by atoms with Gasteiger partial charge in [-0.05, 0) is 47.4 Å². The Kier molecular flexibility index (Phi) is 4.81. The van der Waals surface area contributed by atoms with Crippen LogP contribution in [0.4, 0.5) is 0 Å². The molecule has 0 amide bonds. The predicted molar refractivity (Wildman–Crippen MR) is 92.0 cm³/mol. The van der Waals surface area contributed by atoms with Crippen molar-refractivity contribution < 1.29 is 19.3 Å². The zero-order chi connectivity index (χ0) is 17.1. The minimum atomic E-state index is 0.198. The van der Waals surface area contributed by atoms with E-state index in [0.29, 0.717) is 5.75 Å². The molecule has 0 saturated carbocycles. The molecule has 5 nitrogen and oxygen atoms in total. The number of rotatable bonds is 5. The van der Waals surface area contributed by atoms with Crippen LogP contribution in [-0.4, -0.2) is 37.9 Å². The molecule has 0 radical (unpaired) electrons. The van der Waals surface area contributed by atoms with Gasteiger partial charge in [0, 0.05) is 19.6 Å². The fraction of sp³-hybridized carbons (Fsp3) is 0.368. The van der Waals surface area contributed by atoms with Gasteiger partial charge in [0.1, 0.15) is 0 Å². The maximum Gasteiger partial charge on any atom is 0.161 e. The quantitative estimate of drug-likeness (QED) is 0.914. The number of hydrogen-bond acceptors (Lipinski definition) is 5. The lowest BCUT2D eigenvalue weighted by Gasteiger charge is -2.29. The highest BCUT2D eigenvalue weighted by molar-refractivity contribution is 5.47. The number of nitrogens with zero attached hydrogens (tertiary/aromatic N) is 1. The van der Waals surface area contributed by atoms with E-state index in [1.807, 2.05) is 24.3 Å². The number of methoxy groups -OCH3 is 3. The summed E-state index contributed by atoms with van der Waals surface area (Å²) >= 11 is 0. The van der Waals surface area contributed by atoms with E-state index >= 15 is 0 Å². The zero-order valence-electron chi connectivity index (χ0n) is 14.3. The van der Waals surface area contributed by atoms with E-state index in [4.69, 9.17) is 14.2 Å². The fourth-order valence-corrected chi connectivity index (χ4v) is 3.17. The highest BCUT2D eigenvalue weighted by atomic mass is 16.5. The van der Waals surface area contributed by atoms with Crippen LogP contribution >= 0.6 is 0 Å². The van der Waals surface area contributed by atoms with Crippen LogP contribution in [0.2, 0.25) is 0 Å². The van der Waals surface area contributed by atoms with E-state index < -0.39 is 0 Å². The van der Waals surface area contributed by atoms with E-state index in [1.165, 1.54) is 11.1 Å². The Morgan fingerprint density at radius 2 is 1.67 bits per heavy atom. The monoisotopic (exact) mass is 329 g/mol. The molecule has 2 aromatic rings. The molecule has 1 N–H and O–H groups in total. The van der Waals surface area contributed by atoms with Crippen molar-refractivity contribution in [2.24, 2.45) is 0 Å². The van der Waals surface area contributed by atoms with E-state index in [9.17, 15) is 5.11 Å². The van der Waals surface area contributed by atoms with Crippen LogP contribution in [0.1, 0.15) is 16.7 Å². The average Bonchev–Trinajstić information content (AvgIpc) is 2.61. The number of aromatic hydroxyl groups is 1. The van der Waals surface area contributed by atoms with Gasteiger partial charge in [0.05, 0.1) is 21.3 Å². The number of phenolic OH excluding ortho intramolecular Hbond substituents is 1. The highest BCUT2D eigenvalue weighted by Gasteiger charge is 2.19. The molecule has 0 aliphatic carbocycles. The molecular weight excluding hydrogens is 306 g/mol. The maximum absolute atomic E-state index is 9.99. The molecule has 5 heteroatoms. The Morgan fingerprint density at radius 3 is 2.38 bits per heavy atom. The molecule has 3 rings (SSSR count). The summed E-state index contributed by atoms with van der Waals surface area (Å²) in [4.78, 5) is 2.36. The van der Waals surface area contributed by atoms with Crippen LogP contribution in [0, 0.1) is 0 Å². The van der Waals surface area contributed by atoms with Gasteiger partial charge in [0.2, 0.25) is 0 Å². The molecule has 0 atom stereocenters. The van der Waals surface area contributed by atoms with E-state index in [-0.39, 0.29) is 5.75 Å². The zero-order valence-corrected chi connectivity index (χ0v) is 14.3. The Bertz CT molecular complexity index is 730. The van der Waals surface area contributed by atoms with Crippen molar-refractivity contribution in [3.8, 4) is 23.0 Å². The molecular formula is C19H23NO4. The molecule has 0 fully saturated rings. The molecule has 0 aromatic heterocycles. The maximum atomic E-state index is 9.99. The smallest absolute Gasteiger partial charge is 0.161 e. The third-order valence-corrected chi connectivity index (χ3v) is 4.45. The summed E-state index contributed by atoms with van der Waals surface area (Å²) in [7, 11) is 4.86. The van der Waals surface area contributed by atoms with Gasteiger partial charge in [0.15, 0.2) is 23.0 Å². The first-order valence-electron chi connectivity index (χ1n) is 7.96. The molecule has 1 heterocycles. The van der Waals surface area contributed by atoms with Crippen LogP contribution < -0.4 is 14.2 Å². The molecule has 0 saturated heterocycles. The van der Waals surface area contributed by atoms with Crippen LogP contribution in [0.3, 0.4) is 0 Å². The first kappa shape index (κ1) is 16.5. The summed E-state index contributed by atoms with van der Waals surface area (Å²) < 4.78 is 15.8. The molecule has 24 heavy (non-hydrogen) atoms. The second-order valence-corrected chi connectivity index (χ2v) is 5.94. The van der Waals surface area contributed by atoms with Gasteiger partial charge in [-0.15, -0.1) is 0 Å².